The largest absolute Gasteiger partial charge is 0.352 e. The summed E-state index contributed by atoms with van der Waals surface area (Å²) in [5.74, 6) is -0.809. The van der Waals surface area contributed by atoms with Crippen LogP contribution < -0.4 is 9.62 Å². The maximum Gasteiger partial charge on any atom is 0.244 e. The van der Waals surface area contributed by atoms with Crippen LogP contribution in [0.25, 0.3) is 0 Å². The molecule has 0 aliphatic heterocycles. The molecule has 0 aliphatic carbocycles. The van der Waals surface area contributed by atoms with Crippen LogP contribution in [-0.2, 0) is 26.2 Å². The smallest absolute Gasteiger partial charge is 0.244 e. The number of hydrogen-bond donors (Lipinski definition) is 1. The van der Waals surface area contributed by atoms with Crippen molar-refractivity contribution in [2.24, 2.45) is 0 Å². The fourth-order valence-electron chi connectivity index (χ4n) is 3.60. The van der Waals surface area contributed by atoms with Crippen molar-refractivity contribution >= 4 is 50.7 Å². The van der Waals surface area contributed by atoms with Crippen molar-refractivity contribution in [1.29, 1.82) is 0 Å². The lowest BCUT2D eigenvalue weighted by Gasteiger charge is -2.34. The summed E-state index contributed by atoms with van der Waals surface area (Å²) in [6, 6.07) is 11.1. The molecule has 0 heterocycles. The molecule has 0 aliphatic rings. The number of anilines is 1. The SMILES string of the molecule is CC[C@H](C)NC(=O)[C@H](CC)N(Cc1ccccc1C)C(=O)CN(c1cc(Cl)ccc1Cl)S(C)(=O)=O. The van der Waals surface area contributed by atoms with Gasteiger partial charge in [0, 0.05) is 17.6 Å². The Bertz CT molecular complexity index is 1160. The molecule has 0 saturated heterocycles. The van der Waals surface area contributed by atoms with E-state index in [1.54, 1.807) is 0 Å². The van der Waals surface area contributed by atoms with Gasteiger partial charge >= 0.3 is 0 Å². The van der Waals surface area contributed by atoms with E-state index in [2.05, 4.69) is 5.32 Å². The summed E-state index contributed by atoms with van der Waals surface area (Å²) in [7, 11) is -3.90. The van der Waals surface area contributed by atoms with E-state index in [1.807, 2.05) is 52.0 Å². The summed E-state index contributed by atoms with van der Waals surface area (Å²) in [5, 5.41) is 3.36. The average molecular weight is 543 g/mol. The molecule has 0 bridgehead atoms. The second kappa shape index (κ2) is 12.6. The maximum atomic E-state index is 13.7. The Labute approximate surface area is 218 Å². The van der Waals surface area contributed by atoms with Crippen LogP contribution in [0.2, 0.25) is 10.0 Å². The first-order chi connectivity index (χ1) is 16.4. The van der Waals surface area contributed by atoms with Gasteiger partial charge in [-0.15, -0.1) is 0 Å². The van der Waals surface area contributed by atoms with E-state index in [9.17, 15) is 18.0 Å². The first-order valence-electron chi connectivity index (χ1n) is 11.5. The molecular weight excluding hydrogens is 509 g/mol. The van der Waals surface area contributed by atoms with Gasteiger partial charge in [-0.25, -0.2) is 8.42 Å². The molecule has 2 aromatic rings. The van der Waals surface area contributed by atoms with Crippen LogP contribution in [0.1, 0.15) is 44.7 Å². The lowest BCUT2D eigenvalue weighted by Crippen LogP contribution is -2.53. The Kier molecular flexibility index (Phi) is 10.4. The number of hydrogen-bond acceptors (Lipinski definition) is 4. The zero-order valence-electron chi connectivity index (χ0n) is 20.7. The number of sulfonamides is 1. The quantitative estimate of drug-likeness (QED) is 0.443. The summed E-state index contributed by atoms with van der Waals surface area (Å²) in [4.78, 5) is 28.3. The second-order valence-corrected chi connectivity index (χ2v) is 11.3. The molecule has 10 heteroatoms. The molecule has 35 heavy (non-hydrogen) atoms. The van der Waals surface area contributed by atoms with Gasteiger partial charge in [0.1, 0.15) is 12.6 Å². The normalized spacial score (nSPS) is 13.1. The molecule has 2 rings (SSSR count). The highest BCUT2D eigenvalue weighted by atomic mass is 35.5. The van der Waals surface area contributed by atoms with Gasteiger partial charge in [0.15, 0.2) is 0 Å². The molecule has 0 fully saturated rings. The van der Waals surface area contributed by atoms with Crippen molar-refractivity contribution in [2.75, 3.05) is 17.1 Å². The minimum Gasteiger partial charge on any atom is -0.352 e. The van der Waals surface area contributed by atoms with Gasteiger partial charge < -0.3 is 10.2 Å². The summed E-state index contributed by atoms with van der Waals surface area (Å²) in [6.45, 7) is 7.22. The lowest BCUT2D eigenvalue weighted by molar-refractivity contribution is -0.140. The van der Waals surface area contributed by atoms with E-state index in [1.165, 1.54) is 23.1 Å². The third kappa shape index (κ3) is 7.85. The van der Waals surface area contributed by atoms with Crippen LogP contribution in [0.3, 0.4) is 0 Å². The summed E-state index contributed by atoms with van der Waals surface area (Å²) in [6.07, 6.45) is 2.09. The third-order valence-corrected chi connectivity index (χ3v) is 7.53. The molecule has 192 valence electrons. The number of halogens is 2. The number of carbonyl (C=O) groups is 2. The number of benzene rings is 2. The first-order valence-corrected chi connectivity index (χ1v) is 14.1. The standard InChI is InChI=1S/C25H33Cl2N3O4S/c1-6-18(4)28-25(32)22(7-2)29(15-19-11-9-8-10-17(19)3)24(31)16-30(35(5,33)34)23-14-20(26)12-13-21(23)27/h8-14,18,22H,6-7,15-16H2,1-5H3,(H,28,32)/t18-,22-/m0/s1. The van der Waals surface area contributed by atoms with Gasteiger partial charge in [-0.05, 0) is 56.0 Å². The van der Waals surface area contributed by atoms with Crippen molar-refractivity contribution in [1.82, 2.24) is 10.2 Å². The van der Waals surface area contributed by atoms with Crippen LogP contribution in [0.5, 0.6) is 0 Å². The van der Waals surface area contributed by atoms with Crippen LogP contribution in [0.4, 0.5) is 5.69 Å². The Morgan fingerprint density at radius 1 is 1.06 bits per heavy atom. The van der Waals surface area contributed by atoms with Gasteiger partial charge in [-0.3, -0.25) is 13.9 Å². The van der Waals surface area contributed by atoms with E-state index >= 15 is 0 Å². The first kappa shape index (κ1) is 28.9. The molecule has 0 radical (unpaired) electrons. The van der Waals surface area contributed by atoms with E-state index < -0.39 is 28.5 Å². The molecule has 2 atom stereocenters. The molecule has 0 unspecified atom stereocenters. The van der Waals surface area contributed by atoms with E-state index in [4.69, 9.17) is 23.2 Å². The molecule has 0 saturated carbocycles. The van der Waals surface area contributed by atoms with Crippen LogP contribution in [0, 0.1) is 6.92 Å². The van der Waals surface area contributed by atoms with Gasteiger partial charge in [-0.1, -0.05) is 61.3 Å². The Hall–Kier alpha value is -2.29. The average Bonchev–Trinajstić information content (AvgIpc) is 2.79. The number of amides is 2. The molecule has 2 amide bonds. The zero-order valence-corrected chi connectivity index (χ0v) is 23.0. The molecule has 7 nitrogen and oxygen atoms in total. The van der Waals surface area contributed by atoms with E-state index in [0.717, 1.165) is 28.1 Å². The fourth-order valence-corrected chi connectivity index (χ4v) is 4.89. The highest BCUT2D eigenvalue weighted by molar-refractivity contribution is 7.92. The van der Waals surface area contributed by atoms with Crippen molar-refractivity contribution in [3.63, 3.8) is 0 Å². The van der Waals surface area contributed by atoms with Gasteiger partial charge in [0.05, 0.1) is 17.0 Å². The highest BCUT2D eigenvalue weighted by Crippen LogP contribution is 2.31. The van der Waals surface area contributed by atoms with Gasteiger partial charge in [0.2, 0.25) is 21.8 Å². The minimum atomic E-state index is -3.90. The van der Waals surface area contributed by atoms with Crippen molar-refractivity contribution < 1.29 is 18.0 Å². The number of nitrogens with zero attached hydrogens (tertiary/aromatic N) is 2. The number of rotatable bonds is 11. The van der Waals surface area contributed by atoms with Crippen molar-refractivity contribution in [3.05, 3.63) is 63.6 Å². The molecule has 1 N–H and O–H groups in total. The zero-order chi connectivity index (χ0) is 26.3. The summed E-state index contributed by atoms with van der Waals surface area (Å²) in [5.41, 5.74) is 1.92. The Morgan fingerprint density at radius 3 is 2.29 bits per heavy atom. The molecular formula is C25H33Cl2N3O4S. The van der Waals surface area contributed by atoms with E-state index in [-0.39, 0.29) is 34.2 Å². The molecule has 0 spiro atoms. The van der Waals surface area contributed by atoms with Crippen LogP contribution >= 0.6 is 23.2 Å². The minimum absolute atomic E-state index is 0.0650. The van der Waals surface area contributed by atoms with Crippen molar-refractivity contribution in [2.45, 2.75) is 59.2 Å². The topological polar surface area (TPSA) is 86.8 Å². The van der Waals surface area contributed by atoms with Gasteiger partial charge in [0.25, 0.3) is 0 Å². The van der Waals surface area contributed by atoms with E-state index in [0.29, 0.717) is 6.42 Å². The number of nitrogens with one attached hydrogen (secondary N) is 1. The predicted molar refractivity (Wildman–Crippen MR) is 142 cm³/mol. The van der Waals surface area contributed by atoms with Crippen molar-refractivity contribution in [3.8, 4) is 0 Å². The Morgan fingerprint density at radius 2 is 1.71 bits per heavy atom. The monoisotopic (exact) mass is 541 g/mol. The molecule has 0 aromatic heterocycles. The predicted octanol–water partition coefficient (Wildman–Crippen LogP) is 4.79. The van der Waals surface area contributed by atoms with Gasteiger partial charge in [-0.2, -0.15) is 0 Å². The third-order valence-electron chi connectivity index (χ3n) is 5.84. The number of aryl methyl sites for hydroxylation is 1. The maximum absolute atomic E-state index is 13.7. The summed E-state index contributed by atoms with van der Waals surface area (Å²) >= 11 is 12.4. The summed E-state index contributed by atoms with van der Waals surface area (Å²) < 4.78 is 26.3. The molecule has 2 aromatic carbocycles. The van der Waals surface area contributed by atoms with Crippen LogP contribution in [-0.4, -0.2) is 50.0 Å². The fraction of sp³-hybridized carbons (Fsp3) is 0.440. The Balaban J connectivity index is 2.50. The second-order valence-electron chi connectivity index (χ2n) is 8.56. The highest BCUT2D eigenvalue weighted by Gasteiger charge is 2.32. The lowest BCUT2D eigenvalue weighted by atomic mass is 10.1. The van der Waals surface area contributed by atoms with Crippen LogP contribution in [0.15, 0.2) is 42.5 Å². The number of carbonyl (C=O) groups excluding carboxylic acids is 2.